The number of hydrogen-bond acceptors (Lipinski definition) is 4. The van der Waals surface area contributed by atoms with Gasteiger partial charge in [0.15, 0.2) is 0 Å². The summed E-state index contributed by atoms with van der Waals surface area (Å²) in [5, 5.41) is 6.33. The van der Waals surface area contributed by atoms with E-state index in [9.17, 15) is 17.6 Å². The van der Waals surface area contributed by atoms with Crippen molar-refractivity contribution in [2.24, 2.45) is 5.92 Å². The van der Waals surface area contributed by atoms with E-state index in [1.807, 2.05) is 0 Å². The van der Waals surface area contributed by atoms with Gasteiger partial charge in [0.25, 0.3) is 0 Å². The predicted molar refractivity (Wildman–Crippen MR) is 91.9 cm³/mol. The molecule has 0 aromatic heterocycles. The summed E-state index contributed by atoms with van der Waals surface area (Å²) < 4.78 is 40.3. The zero-order valence-electron chi connectivity index (χ0n) is 14.1. The Bertz CT molecular complexity index is 712. The van der Waals surface area contributed by atoms with Gasteiger partial charge in [0, 0.05) is 25.0 Å². The molecule has 8 heteroatoms. The third kappa shape index (κ3) is 4.19. The summed E-state index contributed by atoms with van der Waals surface area (Å²) in [5.74, 6) is -0.912. The van der Waals surface area contributed by atoms with Crippen LogP contribution in [0.15, 0.2) is 29.2 Å². The third-order valence-electron chi connectivity index (χ3n) is 4.96. The molecule has 2 fully saturated rings. The van der Waals surface area contributed by atoms with E-state index in [4.69, 9.17) is 0 Å². The fourth-order valence-electron chi connectivity index (χ4n) is 3.44. The minimum atomic E-state index is -3.85. The van der Waals surface area contributed by atoms with Crippen LogP contribution < -0.4 is 10.6 Å². The molecule has 0 unspecified atom stereocenters. The van der Waals surface area contributed by atoms with Crippen LogP contribution in [-0.4, -0.2) is 50.9 Å². The molecule has 0 aliphatic carbocycles. The summed E-state index contributed by atoms with van der Waals surface area (Å²) in [4.78, 5) is 12.1. The minimum absolute atomic E-state index is 0.00911. The molecule has 2 aliphatic rings. The SMILES string of the molecule is O=C(NC1CCNCC1)C1CCN(S(=O)(=O)c2ccccc2F)CC1. The predicted octanol–water partition coefficient (Wildman–Crippen LogP) is 1.09. The number of nitrogens with zero attached hydrogens (tertiary/aromatic N) is 1. The Morgan fingerprint density at radius 3 is 2.40 bits per heavy atom. The highest BCUT2D eigenvalue weighted by Gasteiger charge is 2.33. The van der Waals surface area contributed by atoms with Gasteiger partial charge in [-0.25, -0.2) is 12.8 Å². The van der Waals surface area contributed by atoms with Gasteiger partial charge in [0.05, 0.1) is 0 Å². The molecule has 2 heterocycles. The smallest absolute Gasteiger partial charge is 0.245 e. The molecule has 0 radical (unpaired) electrons. The highest BCUT2D eigenvalue weighted by molar-refractivity contribution is 7.89. The van der Waals surface area contributed by atoms with Crippen molar-refractivity contribution < 1.29 is 17.6 Å². The van der Waals surface area contributed by atoms with Gasteiger partial charge in [-0.3, -0.25) is 4.79 Å². The molecular formula is C17H24FN3O3S. The maximum absolute atomic E-state index is 13.8. The molecule has 138 valence electrons. The van der Waals surface area contributed by atoms with E-state index in [0.717, 1.165) is 32.0 Å². The van der Waals surface area contributed by atoms with Gasteiger partial charge in [0.1, 0.15) is 10.7 Å². The number of hydrogen-bond donors (Lipinski definition) is 2. The first-order valence-corrected chi connectivity index (χ1v) is 10.2. The van der Waals surface area contributed by atoms with Gasteiger partial charge in [-0.1, -0.05) is 12.1 Å². The summed E-state index contributed by atoms with van der Waals surface area (Å²) in [6.07, 6.45) is 2.77. The van der Waals surface area contributed by atoms with Gasteiger partial charge in [-0.2, -0.15) is 4.31 Å². The van der Waals surface area contributed by atoms with E-state index in [0.29, 0.717) is 12.8 Å². The van der Waals surface area contributed by atoms with E-state index >= 15 is 0 Å². The number of carbonyl (C=O) groups is 1. The van der Waals surface area contributed by atoms with E-state index in [1.165, 1.54) is 22.5 Å². The van der Waals surface area contributed by atoms with Crippen LogP contribution >= 0.6 is 0 Å². The zero-order chi connectivity index (χ0) is 17.9. The first-order chi connectivity index (χ1) is 12.0. The second-order valence-electron chi connectivity index (χ2n) is 6.64. The molecule has 1 amide bonds. The molecule has 2 saturated heterocycles. The largest absolute Gasteiger partial charge is 0.353 e. The summed E-state index contributed by atoms with van der Waals surface area (Å²) in [6, 6.07) is 5.60. The number of rotatable bonds is 4. The normalized spacial score (nSPS) is 21.2. The zero-order valence-corrected chi connectivity index (χ0v) is 14.9. The summed E-state index contributed by atoms with van der Waals surface area (Å²) in [5.41, 5.74) is 0. The van der Waals surface area contributed by atoms with Gasteiger partial charge >= 0.3 is 0 Å². The maximum atomic E-state index is 13.8. The number of piperidine rings is 2. The Morgan fingerprint density at radius 2 is 1.76 bits per heavy atom. The Morgan fingerprint density at radius 1 is 1.12 bits per heavy atom. The summed E-state index contributed by atoms with van der Waals surface area (Å²) in [6.45, 7) is 2.29. The Kier molecular flexibility index (Phi) is 5.71. The molecule has 0 spiro atoms. The molecule has 0 saturated carbocycles. The molecule has 0 bridgehead atoms. The Hall–Kier alpha value is -1.51. The van der Waals surface area contributed by atoms with Crippen LogP contribution in [0.1, 0.15) is 25.7 Å². The van der Waals surface area contributed by atoms with E-state index in [1.54, 1.807) is 0 Å². The van der Waals surface area contributed by atoms with Crippen molar-refractivity contribution in [2.45, 2.75) is 36.6 Å². The average molecular weight is 369 g/mol. The number of carbonyl (C=O) groups excluding carboxylic acids is 1. The molecule has 2 N–H and O–H groups in total. The molecule has 1 aromatic rings. The lowest BCUT2D eigenvalue weighted by Crippen LogP contribution is -2.47. The van der Waals surface area contributed by atoms with Gasteiger partial charge in [0.2, 0.25) is 15.9 Å². The lowest BCUT2D eigenvalue weighted by molar-refractivity contribution is -0.127. The second-order valence-corrected chi connectivity index (χ2v) is 8.55. The van der Waals surface area contributed by atoms with Crippen molar-refractivity contribution in [3.8, 4) is 0 Å². The summed E-state index contributed by atoms with van der Waals surface area (Å²) in [7, 11) is -3.85. The molecule has 0 atom stereocenters. The first kappa shape index (κ1) is 18.3. The lowest BCUT2D eigenvalue weighted by atomic mass is 9.96. The first-order valence-electron chi connectivity index (χ1n) is 8.74. The van der Waals surface area contributed by atoms with Crippen LogP contribution in [0.25, 0.3) is 0 Å². The van der Waals surface area contributed by atoms with Gasteiger partial charge in [-0.05, 0) is 50.9 Å². The van der Waals surface area contributed by atoms with E-state index in [-0.39, 0.29) is 35.9 Å². The number of nitrogens with one attached hydrogen (secondary N) is 2. The van der Waals surface area contributed by atoms with Crippen LogP contribution in [0.4, 0.5) is 4.39 Å². The average Bonchev–Trinajstić information content (AvgIpc) is 2.63. The standard InChI is InChI=1S/C17H24FN3O3S/c18-15-3-1-2-4-16(15)25(23,24)21-11-7-13(8-12-21)17(22)20-14-5-9-19-10-6-14/h1-4,13-14,19H,5-12H2,(H,20,22). The second kappa shape index (κ2) is 7.80. The highest BCUT2D eigenvalue weighted by atomic mass is 32.2. The van der Waals surface area contributed by atoms with E-state index in [2.05, 4.69) is 10.6 Å². The van der Waals surface area contributed by atoms with Gasteiger partial charge < -0.3 is 10.6 Å². The molecule has 6 nitrogen and oxygen atoms in total. The van der Waals surface area contributed by atoms with Crippen LogP contribution in [0, 0.1) is 11.7 Å². The fourth-order valence-corrected chi connectivity index (χ4v) is 4.97. The van der Waals surface area contributed by atoms with E-state index < -0.39 is 15.8 Å². The summed E-state index contributed by atoms with van der Waals surface area (Å²) >= 11 is 0. The molecule has 2 aliphatic heterocycles. The fraction of sp³-hybridized carbons (Fsp3) is 0.588. The highest BCUT2D eigenvalue weighted by Crippen LogP contribution is 2.25. The van der Waals surface area contributed by atoms with Crippen molar-refractivity contribution in [2.75, 3.05) is 26.2 Å². The van der Waals surface area contributed by atoms with Crippen molar-refractivity contribution in [1.82, 2.24) is 14.9 Å². The van der Waals surface area contributed by atoms with Crippen LogP contribution in [0.3, 0.4) is 0 Å². The number of amides is 1. The Balaban J connectivity index is 1.58. The maximum Gasteiger partial charge on any atom is 0.245 e. The number of benzene rings is 1. The number of halogens is 1. The third-order valence-corrected chi connectivity index (χ3v) is 6.90. The minimum Gasteiger partial charge on any atom is -0.353 e. The molecule has 1 aromatic carbocycles. The lowest BCUT2D eigenvalue weighted by Gasteiger charge is -2.32. The molecule has 3 rings (SSSR count). The van der Waals surface area contributed by atoms with Crippen LogP contribution in [-0.2, 0) is 14.8 Å². The van der Waals surface area contributed by atoms with Gasteiger partial charge in [-0.15, -0.1) is 0 Å². The van der Waals surface area contributed by atoms with Crippen molar-refractivity contribution in [1.29, 1.82) is 0 Å². The van der Waals surface area contributed by atoms with Crippen LogP contribution in [0.5, 0.6) is 0 Å². The van der Waals surface area contributed by atoms with Crippen molar-refractivity contribution in [3.05, 3.63) is 30.1 Å². The van der Waals surface area contributed by atoms with Crippen molar-refractivity contribution in [3.63, 3.8) is 0 Å². The number of sulfonamides is 1. The van der Waals surface area contributed by atoms with Crippen molar-refractivity contribution >= 4 is 15.9 Å². The topological polar surface area (TPSA) is 78.5 Å². The quantitative estimate of drug-likeness (QED) is 0.833. The monoisotopic (exact) mass is 369 g/mol. The molecular weight excluding hydrogens is 345 g/mol. The van der Waals surface area contributed by atoms with Crippen LogP contribution in [0.2, 0.25) is 0 Å². The Labute approximate surface area is 147 Å². The molecule has 25 heavy (non-hydrogen) atoms.